The van der Waals surface area contributed by atoms with E-state index < -0.39 is 16.0 Å². The third-order valence-electron chi connectivity index (χ3n) is 5.47. The molecule has 0 bridgehead atoms. The quantitative estimate of drug-likeness (QED) is 0.601. The number of anilines is 2. The summed E-state index contributed by atoms with van der Waals surface area (Å²) in [6.07, 6.45) is 0. The van der Waals surface area contributed by atoms with E-state index in [0.29, 0.717) is 33.6 Å². The summed E-state index contributed by atoms with van der Waals surface area (Å²) in [7, 11) is -2.36. The van der Waals surface area contributed by atoms with Crippen LogP contribution < -0.4 is 9.62 Å². The summed E-state index contributed by atoms with van der Waals surface area (Å²) in [5.74, 6) is -0.862. The molecular formula is C24H22N2O5S. The Morgan fingerprint density at radius 1 is 0.969 bits per heavy atom. The van der Waals surface area contributed by atoms with Crippen LogP contribution in [-0.2, 0) is 14.8 Å². The Balaban J connectivity index is 1.75. The number of carbonyl (C=O) groups is 2. The van der Waals surface area contributed by atoms with Gasteiger partial charge in [-0.05, 0) is 55.8 Å². The minimum Gasteiger partial charge on any atom is -0.465 e. The molecule has 0 spiro atoms. The normalized spacial score (nSPS) is 13.7. The van der Waals surface area contributed by atoms with Crippen molar-refractivity contribution in [3.63, 3.8) is 0 Å². The number of benzene rings is 3. The maximum absolute atomic E-state index is 13.0. The highest BCUT2D eigenvalue weighted by atomic mass is 32.2. The van der Waals surface area contributed by atoms with Crippen molar-refractivity contribution >= 4 is 33.3 Å². The molecule has 32 heavy (non-hydrogen) atoms. The van der Waals surface area contributed by atoms with Crippen molar-refractivity contribution in [1.29, 1.82) is 0 Å². The van der Waals surface area contributed by atoms with E-state index in [9.17, 15) is 18.0 Å². The Morgan fingerprint density at radius 3 is 2.41 bits per heavy atom. The number of fused-ring (bicyclic) bond motifs is 3. The number of hydrogen-bond acceptors (Lipinski definition) is 5. The van der Waals surface area contributed by atoms with E-state index in [2.05, 4.69) is 5.32 Å². The van der Waals surface area contributed by atoms with Gasteiger partial charge in [0.1, 0.15) is 0 Å². The molecule has 0 radical (unpaired) electrons. The molecule has 0 unspecified atom stereocenters. The molecule has 164 valence electrons. The van der Waals surface area contributed by atoms with Gasteiger partial charge < -0.3 is 10.1 Å². The summed E-state index contributed by atoms with van der Waals surface area (Å²) in [6.45, 7) is 3.87. The topological polar surface area (TPSA) is 92.8 Å². The molecule has 3 aromatic rings. The second kappa shape index (κ2) is 8.12. The van der Waals surface area contributed by atoms with Crippen LogP contribution >= 0.6 is 0 Å². The van der Waals surface area contributed by atoms with Crippen LogP contribution in [0.25, 0.3) is 11.1 Å². The molecule has 8 heteroatoms. The zero-order valence-electron chi connectivity index (χ0n) is 17.9. The summed E-state index contributed by atoms with van der Waals surface area (Å²) >= 11 is 0. The molecule has 4 rings (SSSR count). The number of carbonyl (C=O) groups excluding carboxylic acids is 2. The molecule has 7 nitrogen and oxygen atoms in total. The van der Waals surface area contributed by atoms with Crippen LogP contribution in [0.15, 0.2) is 65.6 Å². The molecule has 1 N–H and O–H groups in total. The predicted octanol–water partition coefficient (Wildman–Crippen LogP) is 4.23. The van der Waals surface area contributed by atoms with E-state index in [1.165, 1.54) is 11.4 Å². The second-order valence-electron chi connectivity index (χ2n) is 7.37. The van der Waals surface area contributed by atoms with Gasteiger partial charge in [0, 0.05) is 28.9 Å². The van der Waals surface area contributed by atoms with Crippen molar-refractivity contribution in [2.75, 3.05) is 23.3 Å². The second-order valence-corrected chi connectivity index (χ2v) is 9.20. The SMILES string of the molecule is CCN1c2ccc(C(=O)Nc3cc(C(=O)OC)ccc3C)cc2-c2ccccc2S1(=O)=O. The average Bonchev–Trinajstić information content (AvgIpc) is 2.80. The number of amides is 1. The van der Waals surface area contributed by atoms with E-state index >= 15 is 0 Å². The van der Waals surface area contributed by atoms with Crippen LogP contribution in [0.1, 0.15) is 33.2 Å². The lowest BCUT2D eigenvalue weighted by atomic mass is 9.99. The Kier molecular flexibility index (Phi) is 5.48. The van der Waals surface area contributed by atoms with Crippen LogP contribution in [0, 0.1) is 6.92 Å². The molecular weight excluding hydrogens is 428 g/mol. The first-order chi connectivity index (χ1) is 15.3. The monoisotopic (exact) mass is 450 g/mol. The summed E-state index contributed by atoms with van der Waals surface area (Å²) in [6, 6.07) is 16.6. The molecule has 0 saturated heterocycles. The molecule has 0 saturated carbocycles. The number of aryl methyl sites for hydroxylation is 1. The fourth-order valence-electron chi connectivity index (χ4n) is 3.81. The molecule has 1 amide bonds. The lowest BCUT2D eigenvalue weighted by Crippen LogP contribution is -2.34. The van der Waals surface area contributed by atoms with Crippen LogP contribution in [0.2, 0.25) is 0 Å². The fraction of sp³-hybridized carbons (Fsp3) is 0.167. The molecule has 1 heterocycles. The highest BCUT2D eigenvalue weighted by Crippen LogP contribution is 2.43. The van der Waals surface area contributed by atoms with Crippen LogP contribution in [-0.4, -0.2) is 33.9 Å². The molecule has 0 fully saturated rings. The van der Waals surface area contributed by atoms with E-state index in [0.717, 1.165) is 5.56 Å². The Morgan fingerprint density at radius 2 is 1.69 bits per heavy atom. The number of nitrogens with one attached hydrogen (secondary N) is 1. The van der Waals surface area contributed by atoms with Gasteiger partial charge in [-0.1, -0.05) is 24.3 Å². The third-order valence-corrected chi connectivity index (χ3v) is 7.41. The van der Waals surface area contributed by atoms with Crippen molar-refractivity contribution < 1.29 is 22.7 Å². The minimum atomic E-state index is -3.66. The average molecular weight is 451 g/mol. The number of sulfonamides is 1. The van der Waals surface area contributed by atoms with E-state index in [-0.39, 0.29) is 17.3 Å². The van der Waals surface area contributed by atoms with Crippen molar-refractivity contribution in [1.82, 2.24) is 0 Å². The van der Waals surface area contributed by atoms with Gasteiger partial charge in [0.05, 0.1) is 23.3 Å². The molecule has 0 aliphatic carbocycles. The first-order valence-electron chi connectivity index (χ1n) is 10.0. The molecule has 3 aromatic carbocycles. The van der Waals surface area contributed by atoms with Gasteiger partial charge in [0.25, 0.3) is 15.9 Å². The van der Waals surface area contributed by atoms with Gasteiger partial charge >= 0.3 is 5.97 Å². The summed E-state index contributed by atoms with van der Waals surface area (Å²) < 4.78 is 32.1. The van der Waals surface area contributed by atoms with Gasteiger partial charge in [-0.3, -0.25) is 9.10 Å². The number of hydrogen-bond donors (Lipinski definition) is 1. The van der Waals surface area contributed by atoms with E-state index in [1.54, 1.807) is 67.6 Å². The van der Waals surface area contributed by atoms with Gasteiger partial charge in [0.2, 0.25) is 0 Å². The highest BCUT2D eigenvalue weighted by Gasteiger charge is 2.34. The first kappa shape index (κ1) is 21.6. The Bertz CT molecular complexity index is 1350. The van der Waals surface area contributed by atoms with Crippen LogP contribution in [0.5, 0.6) is 0 Å². The third kappa shape index (κ3) is 3.52. The smallest absolute Gasteiger partial charge is 0.337 e. The van der Waals surface area contributed by atoms with Crippen molar-refractivity contribution in [3.8, 4) is 11.1 Å². The van der Waals surface area contributed by atoms with Crippen LogP contribution in [0.3, 0.4) is 0 Å². The van der Waals surface area contributed by atoms with E-state index in [4.69, 9.17) is 4.74 Å². The standard InChI is InChI=1S/C24H22N2O5S/c1-4-26-21-12-11-16(13-19(21)18-7-5-6-8-22(18)32(26,29)30)23(27)25-20-14-17(24(28)31-3)10-9-15(20)2/h5-14H,4H2,1-3H3,(H,25,27). The maximum atomic E-state index is 13.0. The van der Waals surface area contributed by atoms with E-state index in [1.807, 2.05) is 6.92 Å². The number of rotatable bonds is 4. The number of methoxy groups -OCH3 is 1. The fourth-order valence-corrected chi connectivity index (χ4v) is 5.51. The summed E-state index contributed by atoms with van der Waals surface area (Å²) in [5, 5.41) is 2.84. The van der Waals surface area contributed by atoms with Gasteiger partial charge in [-0.15, -0.1) is 0 Å². The lowest BCUT2D eigenvalue weighted by molar-refractivity contribution is 0.0600. The largest absolute Gasteiger partial charge is 0.465 e. The number of esters is 1. The first-order valence-corrected chi connectivity index (χ1v) is 11.5. The molecule has 0 atom stereocenters. The zero-order chi connectivity index (χ0) is 23.0. The molecule has 0 aromatic heterocycles. The Labute approximate surface area is 186 Å². The molecule has 1 aliphatic heterocycles. The summed E-state index contributed by atoms with van der Waals surface area (Å²) in [4.78, 5) is 25.1. The zero-order valence-corrected chi connectivity index (χ0v) is 18.7. The van der Waals surface area contributed by atoms with Gasteiger partial charge in [0.15, 0.2) is 0 Å². The van der Waals surface area contributed by atoms with Crippen LogP contribution in [0.4, 0.5) is 11.4 Å². The Hall–Kier alpha value is -3.65. The van der Waals surface area contributed by atoms with Crippen molar-refractivity contribution in [2.45, 2.75) is 18.7 Å². The lowest BCUT2D eigenvalue weighted by Gasteiger charge is -2.31. The van der Waals surface area contributed by atoms with Gasteiger partial charge in [-0.2, -0.15) is 0 Å². The maximum Gasteiger partial charge on any atom is 0.337 e. The van der Waals surface area contributed by atoms with Crippen molar-refractivity contribution in [2.24, 2.45) is 0 Å². The van der Waals surface area contributed by atoms with Crippen molar-refractivity contribution in [3.05, 3.63) is 77.4 Å². The minimum absolute atomic E-state index is 0.216. The predicted molar refractivity (Wildman–Crippen MR) is 123 cm³/mol. The highest BCUT2D eigenvalue weighted by molar-refractivity contribution is 7.93. The number of ether oxygens (including phenoxy) is 1. The number of nitrogens with zero attached hydrogens (tertiary/aromatic N) is 1. The summed E-state index contributed by atoms with van der Waals surface area (Å²) in [5.41, 5.74) is 3.75. The molecule has 1 aliphatic rings. The van der Waals surface area contributed by atoms with Gasteiger partial charge in [-0.25, -0.2) is 13.2 Å².